The average Bonchev–Trinajstić information content (AvgIpc) is 2.16. The zero-order valence-corrected chi connectivity index (χ0v) is 7.84. The van der Waals surface area contributed by atoms with E-state index in [2.05, 4.69) is 17.0 Å². The highest BCUT2D eigenvalue weighted by molar-refractivity contribution is 6.30. The van der Waals surface area contributed by atoms with E-state index >= 15 is 0 Å². The van der Waals surface area contributed by atoms with Gasteiger partial charge >= 0.3 is 0 Å². The van der Waals surface area contributed by atoms with Crippen LogP contribution in [0.25, 0.3) is 0 Å². The van der Waals surface area contributed by atoms with Crippen molar-refractivity contribution in [3.63, 3.8) is 0 Å². The molecule has 0 heterocycles. The lowest BCUT2D eigenvalue weighted by molar-refractivity contribution is 0.319. The van der Waals surface area contributed by atoms with Crippen LogP contribution in [0.2, 0.25) is 5.02 Å². The molecule has 0 saturated heterocycles. The molecule has 0 saturated carbocycles. The van der Waals surface area contributed by atoms with E-state index in [0.717, 1.165) is 5.56 Å². The van der Waals surface area contributed by atoms with E-state index in [9.17, 15) is 0 Å². The Morgan fingerprint density at radius 1 is 1.38 bits per heavy atom. The van der Waals surface area contributed by atoms with Gasteiger partial charge in [0.2, 0.25) is 0 Å². The Morgan fingerprint density at radius 2 is 2.00 bits per heavy atom. The third-order valence-electron chi connectivity index (χ3n) is 1.38. The number of rotatable bonds is 0. The molecule has 1 aromatic carbocycles. The second-order valence-corrected chi connectivity index (χ2v) is 2.88. The minimum absolute atomic E-state index is 0.384. The molecule has 13 heavy (non-hydrogen) atoms. The molecule has 1 rings (SSSR count). The summed E-state index contributed by atoms with van der Waals surface area (Å²) in [6.07, 6.45) is 0. The number of benzene rings is 1. The summed E-state index contributed by atoms with van der Waals surface area (Å²) in [4.78, 5) is 0. The van der Waals surface area contributed by atoms with E-state index in [1.165, 1.54) is 0 Å². The number of halogens is 1. The lowest BCUT2D eigenvalue weighted by atomic mass is 10.2. The van der Waals surface area contributed by atoms with Gasteiger partial charge in [-0.05, 0) is 37.1 Å². The van der Waals surface area contributed by atoms with Gasteiger partial charge < -0.3 is 5.21 Å². The van der Waals surface area contributed by atoms with E-state index in [-0.39, 0.29) is 0 Å². The molecule has 0 radical (unpaired) electrons. The Bertz CT molecular complexity index is 370. The fourth-order valence-corrected chi connectivity index (χ4v) is 0.847. The first-order valence-electron chi connectivity index (χ1n) is 3.68. The first-order chi connectivity index (χ1) is 6.22. The van der Waals surface area contributed by atoms with Crippen molar-refractivity contribution in [2.75, 3.05) is 0 Å². The molecular formula is C10H8ClNO. The van der Waals surface area contributed by atoms with Crippen molar-refractivity contribution in [1.29, 1.82) is 0 Å². The van der Waals surface area contributed by atoms with Gasteiger partial charge in [0, 0.05) is 10.6 Å². The van der Waals surface area contributed by atoms with E-state index in [4.69, 9.17) is 16.8 Å². The molecule has 0 aliphatic heterocycles. The van der Waals surface area contributed by atoms with Crippen LogP contribution in [0.3, 0.4) is 0 Å². The summed E-state index contributed by atoms with van der Waals surface area (Å²) < 4.78 is 0. The third-order valence-corrected chi connectivity index (χ3v) is 1.63. The van der Waals surface area contributed by atoms with Gasteiger partial charge in [-0.2, -0.15) is 0 Å². The quantitative estimate of drug-likeness (QED) is 0.292. The van der Waals surface area contributed by atoms with Gasteiger partial charge in [-0.25, -0.2) is 0 Å². The highest BCUT2D eigenvalue weighted by Crippen LogP contribution is 2.08. The van der Waals surface area contributed by atoms with Crippen LogP contribution in [-0.2, 0) is 0 Å². The molecule has 0 aliphatic rings. The van der Waals surface area contributed by atoms with Crippen LogP contribution < -0.4 is 0 Å². The molecular weight excluding hydrogens is 186 g/mol. The molecule has 0 spiro atoms. The number of hydrogen-bond donors (Lipinski definition) is 1. The number of hydrogen-bond acceptors (Lipinski definition) is 2. The second kappa shape index (κ2) is 4.54. The Kier molecular flexibility index (Phi) is 3.36. The van der Waals surface area contributed by atoms with Gasteiger partial charge in [0.1, 0.15) is 5.71 Å². The van der Waals surface area contributed by atoms with Crippen molar-refractivity contribution in [2.45, 2.75) is 6.92 Å². The fourth-order valence-electron chi connectivity index (χ4n) is 0.721. The van der Waals surface area contributed by atoms with Gasteiger partial charge in [-0.3, -0.25) is 0 Å². The molecule has 0 aromatic heterocycles. The summed E-state index contributed by atoms with van der Waals surface area (Å²) in [5.74, 6) is 5.50. The summed E-state index contributed by atoms with van der Waals surface area (Å²) in [5, 5.41) is 11.9. The molecule has 0 fully saturated rings. The van der Waals surface area contributed by atoms with Crippen molar-refractivity contribution < 1.29 is 5.21 Å². The predicted octanol–water partition coefficient (Wildman–Crippen LogP) is 2.54. The van der Waals surface area contributed by atoms with Gasteiger partial charge in [-0.15, -0.1) is 0 Å². The monoisotopic (exact) mass is 193 g/mol. The maximum Gasteiger partial charge on any atom is 0.126 e. The molecule has 66 valence electrons. The van der Waals surface area contributed by atoms with Gasteiger partial charge in [0.25, 0.3) is 0 Å². The Balaban J connectivity index is 2.84. The summed E-state index contributed by atoms with van der Waals surface area (Å²) in [6, 6.07) is 7.13. The Labute approximate surface area is 81.8 Å². The highest BCUT2D eigenvalue weighted by Gasteiger charge is 1.87. The molecule has 0 unspecified atom stereocenters. The summed E-state index contributed by atoms with van der Waals surface area (Å²) in [5.41, 5.74) is 1.22. The lowest BCUT2D eigenvalue weighted by Gasteiger charge is -1.89. The summed E-state index contributed by atoms with van der Waals surface area (Å²) in [6.45, 7) is 1.63. The van der Waals surface area contributed by atoms with Crippen LogP contribution in [0.5, 0.6) is 0 Å². The van der Waals surface area contributed by atoms with Crippen LogP contribution in [0.1, 0.15) is 12.5 Å². The van der Waals surface area contributed by atoms with E-state index in [1.54, 1.807) is 31.2 Å². The maximum absolute atomic E-state index is 8.32. The normalized spacial score (nSPS) is 10.5. The van der Waals surface area contributed by atoms with Crippen LogP contribution >= 0.6 is 11.6 Å². The Hall–Kier alpha value is -1.46. The first kappa shape index (κ1) is 9.63. The SMILES string of the molecule is CC(C#Cc1ccc(Cl)cc1)=NO. The third kappa shape index (κ3) is 3.18. The van der Waals surface area contributed by atoms with Crippen LogP contribution in [-0.4, -0.2) is 10.9 Å². The molecule has 0 atom stereocenters. The summed E-state index contributed by atoms with van der Waals surface area (Å²) in [7, 11) is 0. The van der Waals surface area contributed by atoms with E-state index in [0.29, 0.717) is 10.7 Å². The molecule has 2 nitrogen and oxygen atoms in total. The van der Waals surface area contributed by atoms with Crippen molar-refractivity contribution in [1.82, 2.24) is 0 Å². The highest BCUT2D eigenvalue weighted by atomic mass is 35.5. The topological polar surface area (TPSA) is 32.6 Å². The minimum atomic E-state index is 0.384. The van der Waals surface area contributed by atoms with Crippen molar-refractivity contribution in [2.24, 2.45) is 5.16 Å². The predicted molar refractivity (Wildman–Crippen MR) is 53.2 cm³/mol. The van der Waals surface area contributed by atoms with Crippen LogP contribution in [0.15, 0.2) is 29.4 Å². The molecule has 3 heteroatoms. The van der Waals surface area contributed by atoms with Gasteiger partial charge in [0.05, 0.1) is 0 Å². The van der Waals surface area contributed by atoms with Crippen molar-refractivity contribution >= 4 is 17.3 Å². The minimum Gasteiger partial charge on any atom is -0.410 e. The molecule has 0 amide bonds. The second-order valence-electron chi connectivity index (χ2n) is 2.44. The van der Waals surface area contributed by atoms with Crippen molar-refractivity contribution in [3.8, 4) is 11.8 Å². The maximum atomic E-state index is 8.32. The zero-order chi connectivity index (χ0) is 9.68. The largest absolute Gasteiger partial charge is 0.410 e. The average molecular weight is 194 g/mol. The van der Waals surface area contributed by atoms with E-state index < -0.39 is 0 Å². The van der Waals surface area contributed by atoms with E-state index in [1.807, 2.05) is 0 Å². The molecule has 0 aliphatic carbocycles. The molecule has 0 bridgehead atoms. The number of nitrogens with zero attached hydrogens (tertiary/aromatic N) is 1. The number of oxime groups is 1. The van der Waals surface area contributed by atoms with Crippen LogP contribution in [0, 0.1) is 11.8 Å². The zero-order valence-electron chi connectivity index (χ0n) is 7.08. The van der Waals surface area contributed by atoms with Crippen LogP contribution in [0.4, 0.5) is 0 Å². The molecule has 1 aromatic rings. The molecule has 1 N–H and O–H groups in total. The first-order valence-corrected chi connectivity index (χ1v) is 4.06. The van der Waals surface area contributed by atoms with Gasteiger partial charge in [-0.1, -0.05) is 22.7 Å². The Morgan fingerprint density at radius 3 is 2.54 bits per heavy atom. The van der Waals surface area contributed by atoms with Crippen molar-refractivity contribution in [3.05, 3.63) is 34.9 Å². The fraction of sp³-hybridized carbons (Fsp3) is 0.100. The van der Waals surface area contributed by atoms with Gasteiger partial charge in [0.15, 0.2) is 0 Å². The lowest BCUT2D eigenvalue weighted by Crippen LogP contribution is -1.83. The standard InChI is InChI=1S/C10H8ClNO/c1-8(12-13)2-3-9-4-6-10(11)7-5-9/h4-7,13H,1H3. The summed E-state index contributed by atoms with van der Waals surface area (Å²) >= 11 is 5.69. The smallest absolute Gasteiger partial charge is 0.126 e.